The highest BCUT2D eigenvalue weighted by atomic mass is 32.1. The van der Waals surface area contributed by atoms with Crippen molar-refractivity contribution in [1.82, 2.24) is 5.32 Å². The monoisotopic (exact) mass is 149 g/mol. The minimum absolute atomic E-state index is 0.235. The Kier molecular flexibility index (Phi) is 5.01. The molecule has 0 radical (unpaired) electrons. The lowest BCUT2D eigenvalue weighted by molar-refractivity contribution is 0.633. The molecule has 0 saturated carbocycles. The standard InChI is InChI=1S/C4H12BNS2/c1-3(2)6-4(7)5-8/h3-8H,1-2H3. The van der Waals surface area contributed by atoms with Crippen molar-refractivity contribution >= 4 is 31.7 Å². The van der Waals surface area contributed by atoms with Crippen LogP contribution in [-0.4, -0.2) is 17.9 Å². The van der Waals surface area contributed by atoms with E-state index in [1.807, 2.05) is 0 Å². The molecule has 0 aromatic rings. The van der Waals surface area contributed by atoms with Crippen LogP contribution < -0.4 is 5.32 Å². The third-order valence-corrected chi connectivity index (χ3v) is 1.68. The van der Waals surface area contributed by atoms with E-state index in [2.05, 4.69) is 44.3 Å². The average molecular weight is 149 g/mol. The summed E-state index contributed by atoms with van der Waals surface area (Å²) < 4.78 is 0. The summed E-state index contributed by atoms with van der Waals surface area (Å²) in [5.41, 5.74) is 0. The fraction of sp³-hybridized carbons (Fsp3) is 1.00. The molecule has 8 heavy (non-hydrogen) atoms. The van der Waals surface area contributed by atoms with Gasteiger partial charge >= 0.3 is 0 Å². The van der Waals surface area contributed by atoms with E-state index in [-0.39, 0.29) is 5.27 Å². The van der Waals surface area contributed by atoms with Crippen LogP contribution in [0, 0.1) is 0 Å². The molecule has 0 aliphatic rings. The largest absolute Gasteiger partial charge is 0.309 e. The molecule has 0 rings (SSSR count). The van der Waals surface area contributed by atoms with Gasteiger partial charge in [0.1, 0.15) is 0 Å². The zero-order valence-corrected chi connectivity index (χ0v) is 7.05. The Balaban J connectivity index is 3.10. The molecule has 48 valence electrons. The summed E-state index contributed by atoms with van der Waals surface area (Å²) in [5, 5.41) is 3.41. The molecular formula is C4H12BNS2. The Morgan fingerprint density at radius 2 is 2.00 bits per heavy atom. The minimum Gasteiger partial charge on any atom is -0.309 e. The SMILES string of the molecule is CC(C)NC(S)BS. The van der Waals surface area contributed by atoms with Crippen LogP contribution in [0.25, 0.3) is 0 Å². The first-order valence-corrected chi connectivity index (χ1v) is 3.86. The Bertz CT molecular complexity index is 60.0. The average Bonchev–Trinajstić information content (AvgIpc) is 1.65. The maximum Gasteiger partial charge on any atom is 0.218 e. The summed E-state index contributed by atoms with van der Waals surface area (Å²) in [6.07, 6.45) is 0. The van der Waals surface area contributed by atoms with E-state index in [4.69, 9.17) is 0 Å². The second kappa shape index (κ2) is 4.59. The molecule has 0 aliphatic heterocycles. The summed E-state index contributed by atoms with van der Waals surface area (Å²) in [7, 11) is 0. The summed E-state index contributed by atoms with van der Waals surface area (Å²) in [6.45, 7) is 4.96. The van der Waals surface area contributed by atoms with Gasteiger partial charge in [0.25, 0.3) is 0 Å². The molecule has 0 aromatic heterocycles. The van der Waals surface area contributed by atoms with E-state index in [0.717, 1.165) is 6.56 Å². The van der Waals surface area contributed by atoms with Gasteiger partial charge in [-0.25, -0.2) is 12.5 Å². The van der Waals surface area contributed by atoms with E-state index in [1.165, 1.54) is 0 Å². The molecule has 0 saturated heterocycles. The van der Waals surface area contributed by atoms with Gasteiger partial charge in [-0.1, -0.05) is 13.8 Å². The molecule has 1 atom stereocenters. The van der Waals surface area contributed by atoms with Crippen molar-refractivity contribution in [2.24, 2.45) is 0 Å². The van der Waals surface area contributed by atoms with Gasteiger partial charge in [0.05, 0.1) is 0 Å². The maximum absolute atomic E-state index is 4.18. The Hall–Kier alpha value is 0.725. The van der Waals surface area contributed by atoms with Crippen LogP contribution >= 0.6 is 25.1 Å². The zero-order valence-electron chi connectivity index (χ0n) is 5.26. The van der Waals surface area contributed by atoms with E-state index >= 15 is 0 Å². The minimum atomic E-state index is 0.235. The number of hydrogen-bond donors (Lipinski definition) is 3. The van der Waals surface area contributed by atoms with Crippen molar-refractivity contribution in [2.75, 3.05) is 0 Å². The maximum atomic E-state index is 4.18. The third kappa shape index (κ3) is 4.87. The smallest absolute Gasteiger partial charge is 0.218 e. The summed E-state index contributed by atoms with van der Waals surface area (Å²) in [4.78, 5) is 0. The van der Waals surface area contributed by atoms with Gasteiger partial charge in [0.2, 0.25) is 6.56 Å². The highest BCUT2D eigenvalue weighted by molar-refractivity contribution is 8.09. The third-order valence-electron chi connectivity index (χ3n) is 0.699. The van der Waals surface area contributed by atoms with Crippen molar-refractivity contribution in [1.29, 1.82) is 0 Å². The molecule has 0 spiro atoms. The molecule has 0 bridgehead atoms. The van der Waals surface area contributed by atoms with Gasteiger partial charge in [-0.3, -0.25) is 0 Å². The second-order valence-corrected chi connectivity index (χ2v) is 3.01. The van der Waals surface area contributed by atoms with Gasteiger partial charge in [-0.15, -0.1) is 0 Å². The van der Waals surface area contributed by atoms with Crippen LogP contribution in [0.2, 0.25) is 0 Å². The van der Waals surface area contributed by atoms with Crippen molar-refractivity contribution in [3.05, 3.63) is 0 Å². The molecule has 0 heterocycles. The van der Waals surface area contributed by atoms with E-state index < -0.39 is 0 Å². The van der Waals surface area contributed by atoms with Crippen LogP contribution in [0.3, 0.4) is 0 Å². The number of rotatable bonds is 3. The van der Waals surface area contributed by atoms with E-state index in [0.29, 0.717) is 6.04 Å². The molecule has 1 nitrogen and oxygen atoms in total. The zero-order chi connectivity index (χ0) is 6.57. The molecular weight excluding hydrogens is 137 g/mol. The van der Waals surface area contributed by atoms with Crippen molar-refractivity contribution < 1.29 is 0 Å². The molecule has 0 fully saturated rings. The predicted octanol–water partition coefficient (Wildman–Crippen LogP) is 0.479. The lowest BCUT2D eigenvalue weighted by Gasteiger charge is -2.11. The van der Waals surface area contributed by atoms with Gasteiger partial charge in [-0.05, 0) is 0 Å². The quantitative estimate of drug-likeness (QED) is 0.301. The fourth-order valence-electron chi connectivity index (χ4n) is 0.437. The van der Waals surface area contributed by atoms with Gasteiger partial charge in [-0.2, -0.15) is 12.6 Å². The lowest BCUT2D eigenvalue weighted by atomic mass is 10.1. The highest BCUT2D eigenvalue weighted by Crippen LogP contribution is 1.91. The topological polar surface area (TPSA) is 12.0 Å². The number of nitrogens with one attached hydrogen (secondary N) is 1. The lowest BCUT2D eigenvalue weighted by Crippen LogP contribution is -2.33. The number of hydrogen-bond acceptors (Lipinski definition) is 3. The molecule has 1 unspecified atom stereocenters. The molecule has 0 amide bonds. The summed E-state index contributed by atoms with van der Waals surface area (Å²) >= 11 is 8.23. The molecule has 4 heteroatoms. The molecule has 0 aliphatic carbocycles. The summed E-state index contributed by atoms with van der Waals surface area (Å²) in [6, 6.07) is 0.504. The second-order valence-electron chi connectivity index (χ2n) is 2.02. The normalized spacial score (nSPS) is 14.1. The van der Waals surface area contributed by atoms with Crippen LogP contribution in [0.1, 0.15) is 13.8 Å². The molecule has 0 aromatic carbocycles. The first-order valence-electron chi connectivity index (χ1n) is 2.71. The highest BCUT2D eigenvalue weighted by Gasteiger charge is 2.00. The Morgan fingerprint density at radius 1 is 1.50 bits per heavy atom. The van der Waals surface area contributed by atoms with Gasteiger partial charge in [0.15, 0.2) is 0 Å². The van der Waals surface area contributed by atoms with Crippen LogP contribution in [0.4, 0.5) is 0 Å². The van der Waals surface area contributed by atoms with Gasteiger partial charge in [0, 0.05) is 11.3 Å². The van der Waals surface area contributed by atoms with Crippen molar-refractivity contribution in [3.8, 4) is 0 Å². The Labute approximate surface area is 62.6 Å². The van der Waals surface area contributed by atoms with Crippen LogP contribution in [0.15, 0.2) is 0 Å². The number of thiol groups is 2. The van der Waals surface area contributed by atoms with E-state index in [1.54, 1.807) is 0 Å². The van der Waals surface area contributed by atoms with Crippen molar-refractivity contribution in [3.63, 3.8) is 0 Å². The van der Waals surface area contributed by atoms with Gasteiger partial charge < -0.3 is 5.32 Å². The van der Waals surface area contributed by atoms with Crippen LogP contribution in [-0.2, 0) is 0 Å². The first kappa shape index (κ1) is 8.72. The predicted molar refractivity (Wildman–Crippen MR) is 47.2 cm³/mol. The van der Waals surface area contributed by atoms with Crippen molar-refractivity contribution in [2.45, 2.75) is 25.2 Å². The van der Waals surface area contributed by atoms with E-state index in [9.17, 15) is 0 Å². The fourth-order valence-corrected chi connectivity index (χ4v) is 0.841. The summed E-state index contributed by atoms with van der Waals surface area (Å²) in [5.74, 6) is 0. The first-order chi connectivity index (χ1) is 3.66. The molecule has 1 N–H and O–H groups in total. The Morgan fingerprint density at radius 3 is 2.12 bits per heavy atom. The van der Waals surface area contributed by atoms with Crippen LogP contribution in [0.5, 0.6) is 0 Å².